The zero-order valence-corrected chi connectivity index (χ0v) is 12.2. The third-order valence-electron chi connectivity index (χ3n) is 2.48. The normalized spacial score (nSPS) is 17.3. The quantitative estimate of drug-likeness (QED) is 0.348. The van der Waals surface area contributed by atoms with E-state index in [0.717, 1.165) is 0 Å². The molecule has 0 rings (SSSR count). The fraction of sp³-hybridized carbons (Fsp3) is 0.636. The van der Waals surface area contributed by atoms with E-state index in [9.17, 15) is 62.3 Å². The van der Waals surface area contributed by atoms with Crippen LogP contribution in [0.4, 0.5) is 52.7 Å². The average molecular weight is 430 g/mol. The molecule has 0 radical (unpaired) electrons. The summed E-state index contributed by atoms with van der Waals surface area (Å²) < 4.78 is 153. The van der Waals surface area contributed by atoms with Gasteiger partial charge in [-0.1, -0.05) is 6.58 Å². The van der Waals surface area contributed by atoms with E-state index in [-0.39, 0.29) is 0 Å². The van der Waals surface area contributed by atoms with Crippen LogP contribution in [-0.2, 0) is 19.1 Å². The van der Waals surface area contributed by atoms with E-state index in [1.165, 1.54) is 0 Å². The van der Waals surface area contributed by atoms with Crippen LogP contribution in [0.3, 0.4) is 0 Å². The summed E-state index contributed by atoms with van der Waals surface area (Å²) in [6.07, 6.45) is -24.9. The zero-order chi connectivity index (χ0) is 22.0. The highest BCUT2D eigenvalue weighted by atomic mass is 19.4. The largest absolute Gasteiger partial charge is 0.466 e. The van der Waals surface area contributed by atoms with Gasteiger partial charge in [-0.05, 0) is 0 Å². The van der Waals surface area contributed by atoms with E-state index in [2.05, 4.69) is 16.1 Å². The molecule has 4 nitrogen and oxygen atoms in total. The van der Waals surface area contributed by atoms with Crippen molar-refractivity contribution in [3.05, 3.63) is 12.2 Å². The Labute approximate surface area is 140 Å². The number of hydrogen-bond acceptors (Lipinski definition) is 4. The van der Waals surface area contributed by atoms with Crippen LogP contribution in [0.5, 0.6) is 0 Å². The minimum Gasteiger partial charge on any atom is -0.415 e. The third-order valence-corrected chi connectivity index (χ3v) is 2.48. The van der Waals surface area contributed by atoms with Gasteiger partial charge in [0.1, 0.15) is 0 Å². The first-order valence-corrected chi connectivity index (χ1v) is 6.00. The summed E-state index contributed by atoms with van der Waals surface area (Å²) in [7, 11) is 0. The third kappa shape index (κ3) is 5.41. The number of ether oxygens (including phenoxy) is 2. The van der Waals surface area contributed by atoms with Gasteiger partial charge < -0.3 is 9.47 Å². The molecule has 0 aromatic carbocycles. The van der Waals surface area contributed by atoms with Crippen molar-refractivity contribution in [3.8, 4) is 0 Å². The second-order valence-corrected chi connectivity index (χ2v) is 4.53. The van der Waals surface area contributed by atoms with Crippen molar-refractivity contribution in [2.24, 2.45) is 0 Å². The number of halogens is 12. The molecule has 0 aliphatic heterocycles. The maximum absolute atomic E-state index is 13.1. The summed E-state index contributed by atoms with van der Waals surface area (Å²) >= 11 is 0. The molecule has 0 amide bonds. The standard InChI is InChI=1S/C11H6F12O4/c1-3(5(25)27-9(17,7(14)15)11(21,22)23)2-4(24)26-8(16,6(12)13)10(18,19)20/h6-7H,1-2H2/t8-,9+/m0/s1. The van der Waals surface area contributed by atoms with E-state index in [1.807, 2.05) is 0 Å². The molecule has 0 N–H and O–H groups in total. The van der Waals surface area contributed by atoms with Gasteiger partial charge in [0.2, 0.25) is 0 Å². The van der Waals surface area contributed by atoms with Crippen LogP contribution in [0.25, 0.3) is 0 Å². The van der Waals surface area contributed by atoms with Gasteiger partial charge in [-0.15, -0.1) is 0 Å². The molecule has 27 heavy (non-hydrogen) atoms. The lowest BCUT2D eigenvalue weighted by Gasteiger charge is -2.27. The van der Waals surface area contributed by atoms with E-state index in [4.69, 9.17) is 0 Å². The summed E-state index contributed by atoms with van der Waals surface area (Å²) in [5.74, 6) is -17.1. The van der Waals surface area contributed by atoms with Gasteiger partial charge in [0, 0.05) is 5.57 Å². The summed E-state index contributed by atoms with van der Waals surface area (Å²) in [6, 6.07) is 0. The minimum absolute atomic E-state index is 1.73. The molecular formula is C11H6F12O4. The number of carbonyl (C=O) groups excluding carboxylic acids is 2. The summed E-state index contributed by atoms with van der Waals surface area (Å²) in [5.41, 5.74) is -1.73. The van der Waals surface area contributed by atoms with Crippen LogP contribution >= 0.6 is 0 Å². The molecule has 0 aromatic rings. The van der Waals surface area contributed by atoms with Gasteiger partial charge in [-0.3, -0.25) is 4.79 Å². The Bertz CT molecular complexity index is 583. The van der Waals surface area contributed by atoms with Crippen LogP contribution in [-0.4, -0.2) is 48.9 Å². The molecule has 158 valence electrons. The predicted molar refractivity (Wildman–Crippen MR) is 57.7 cm³/mol. The van der Waals surface area contributed by atoms with Crippen molar-refractivity contribution in [2.75, 3.05) is 0 Å². The number of rotatable bonds is 7. The fourth-order valence-corrected chi connectivity index (χ4v) is 1.11. The summed E-state index contributed by atoms with van der Waals surface area (Å²) in [5, 5.41) is 0. The van der Waals surface area contributed by atoms with Crippen LogP contribution in [0.2, 0.25) is 0 Å². The monoisotopic (exact) mass is 430 g/mol. The molecule has 0 saturated heterocycles. The van der Waals surface area contributed by atoms with Crippen molar-refractivity contribution in [1.29, 1.82) is 0 Å². The van der Waals surface area contributed by atoms with Crippen molar-refractivity contribution in [1.82, 2.24) is 0 Å². The molecule has 0 bridgehead atoms. The minimum atomic E-state index is -6.47. The summed E-state index contributed by atoms with van der Waals surface area (Å²) in [4.78, 5) is 22.1. The highest BCUT2D eigenvalue weighted by Gasteiger charge is 2.68. The van der Waals surface area contributed by atoms with Gasteiger partial charge >= 0.3 is 48.9 Å². The summed E-state index contributed by atoms with van der Waals surface area (Å²) in [6.45, 7) is 2.41. The van der Waals surface area contributed by atoms with Gasteiger partial charge in [0.05, 0.1) is 6.42 Å². The number of alkyl halides is 12. The van der Waals surface area contributed by atoms with E-state index >= 15 is 0 Å². The first-order chi connectivity index (χ1) is 11.8. The lowest BCUT2D eigenvalue weighted by molar-refractivity contribution is -0.356. The van der Waals surface area contributed by atoms with E-state index in [0.29, 0.717) is 0 Å². The SMILES string of the molecule is C=C(CC(=O)O[C@@](F)(C(F)F)C(F)(F)F)C(=O)O[C@](F)(C(F)F)C(F)(F)F. The van der Waals surface area contributed by atoms with Crippen molar-refractivity contribution < 1.29 is 71.7 Å². The van der Waals surface area contributed by atoms with Crippen molar-refractivity contribution in [3.63, 3.8) is 0 Å². The second kappa shape index (κ2) is 7.84. The van der Waals surface area contributed by atoms with Crippen LogP contribution in [0.15, 0.2) is 12.2 Å². The number of hydrogen-bond donors (Lipinski definition) is 0. The second-order valence-electron chi connectivity index (χ2n) is 4.53. The molecule has 0 fully saturated rings. The number of esters is 2. The van der Waals surface area contributed by atoms with E-state index in [1.54, 1.807) is 0 Å². The zero-order valence-electron chi connectivity index (χ0n) is 12.2. The first kappa shape index (κ1) is 24.8. The Kier molecular flexibility index (Phi) is 7.21. The highest BCUT2D eigenvalue weighted by molar-refractivity contribution is 5.93. The van der Waals surface area contributed by atoms with Crippen molar-refractivity contribution >= 4 is 11.9 Å². The van der Waals surface area contributed by atoms with Crippen LogP contribution < -0.4 is 0 Å². The average Bonchev–Trinajstić information content (AvgIpc) is 2.43. The predicted octanol–water partition coefficient (Wildman–Crippen LogP) is 4.01. The Hall–Kier alpha value is -2.16. The Morgan fingerprint density at radius 3 is 1.37 bits per heavy atom. The van der Waals surface area contributed by atoms with Crippen LogP contribution in [0.1, 0.15) is 6.42 Å². The molecule has 0 aliphatic rings. The van der Waals surface area contributed by atoms with Gasteiger partial charge in [-0.25, -0.2) is 22.4 Å². The molecule has 0 spiro atoms. The number of carbonyl (C=O) groups is 2. The van der Waals surface area contributed by atoms with Crippen molar-refractivity contribution in [2.45, 2.75) is 43.3 Å². The van der Waals surface area contributed by atoms with Gasteiger partial charge in [0.25, 0.3) is 0 Å². The Morgan fingerprint density at radius 2 is 1.07 bits per heavy atom. The molecule has 0 heterocycles. The van der Waals surface area contributed by atoms with E-state index < -0.39 is 60.8 Å². The van der Waals surface area contributed by atoms with Gasteiger partial charge in [0.15, 0.2) is 0 Å². The lowest BCUT2D eigenvalue weighted by Crippen LogP contribution is -2.51. The highest BCUT2D eigenvalue weighted by Crippen LogP contribution is 2.41. The maximum Gasteiger partial charge on any atom is 0.466 e. The molecule has 0 aliphatic carbocycles. The molecule has 2 atom stereocenters. The maximum atomic E-state index is 13.1. The van der Waals surface area contributed by atoms with Gasteiger partial charge in [-0.2, -0.15) is 35.1 Å². The molecule has 0 aromatic heterocycles. The topological polar surface area (TPSA) is 52.6 Å². The lowest BCUT2D eigenvalue weighted by atomic mass is 10.2. The Morgan fingerprint density at radius 1 is 0.741 bits per heavy atom. The fourth-order valence-electron chi connectivity index (χ4n) is 1.11. The molecule has 16 heteroatoms. The Balaban J connectivity index is 5.24. The molecular weight excluding hydrogens is 424 g/mol. The van der Waals surface area contributed by atoms with Crippen LogP contribution in [0, 0.1) is 0 Å². The first-order valence-electron chi connectivity index (χ1n) is 6.00. The molecule has 0 unspecified atom stereocenters. The molecule has 0 saturated carbocycles. The smallest absolute Gasteiger partial charge is 0.415 e.